The third-order valence-corrected chi connectivity index (χ3v) is 4.33. The SMILES string of the molecule is COc1ccc(C(=O)Nc2c(C)noc2C)c2nc(C3CC3)[nH]c12. The molecule has 1 fully saturated rings. The minimum atomic E-state index is -0.245. The predicted molar refractivity (Wildman–Crippen MR) is 88.6 cm³/mol. The maximum atomic E-state index is 12.7. The van der Waals surface area contributed by atoms with Crippen molar-refractivity contribution in [3.8, 4) is 5.75 Å². The van der Waals surface area contributed by atoms with Gasteiger partial charge in [-0.25, -0.2) is 4.98 Å². The third kappa shape index (κ3) is 2.33. The Morgan fingerprint density at radius 1 is 1.38 bits per heavy atom. The molecule has 2 heterocycles. The second-order valence-electron chi connectivity index (χ2n) is 6.09. The zero-order valence-corrected chi connectivity index (χ0v) is 13.8. The fourth-order valence-electron chi connectivity index (χ4n) is 2.83. The Morgan fingerprint density at radius 3 is 2.79 bits per heavy atom. The number of imidazole rings is 1. The van der Waals surface area contributed by atoms with E-state index in [4.69, 9.17) is 9.26 Å². The average Bonchev–Trinajstić information content (AvgIpc) is 3.26. The standard InChI is InChI=1S/C17H18N4O3/c1-8-13(9(2)24-21-8)20-17(22)11-6-7-12(23-3)15-14(11)18-16(19-15)10-4-5-10/h6-7,10H,4-5H2,1-3H3,(H,18,19)(H,20,22). The van der Waals surface area contributed by atoms with Crippen LogP contribution in [0, 0.1) is 13.8 Å². The van der Waals surface area contributed by atoms with Gasteiger partial charge in [-0.2, -0.15) is 0 Å². The van der Waals surface area contributed by atoms with Gasteiger partial charge in [-0.15, -0.1) is 0 Å². The van der Waals surface area contributed by atoms with Crippen LogP contribution in [0.3, 0.4) is 0 Å². The summed E-state index contributed by atoms with van der Waals surface area (Å²) < 4.78 is 10.5. The van der Waals surface area contributed by atoms with E-state index in [1.807, 2.05) is 0 Å². The number of carbonyl (C=O) groups is 1. The van der Waals surface area contributed by atoms with E-state index in [2.05, 4.69) is 20.4 Å². The molecule has 124 valence electrons. The molecule has 3 aromatic rings. The highest BCUT2D eigenvalue weighted by Crippen LogP contribution is 2.40. The van der Waals surface area contributed by atoms with E-state index in [0.717, 1.165) is 24.2 Å². The van der Waals surface area contributed by atoms with E-state index in [-0.39, 0.29) is 5.91 Å². The van der Waals surface area contributed by atoms with E-state index >= 15 is 0 Å². The van der Waals surface area contributed by atoms with Gasteiger partial charge < -0.3 is 19.6 Å². The van der Waals surface area contributed by atoms with Crippen LogP contribution in [0.5, 0.6) is 5.75 Å². The fourth-order valence-corrected chi connectivity index (χ4v) is 2.83. The van der Waals surface area contributed by atoms with Crippen LogP contribution in [0.15, 0.2) is 16.7 Å². The summed E-state index contributed by atoms with van der Waals surface area (Å²) in [5, 5.41) is 6.73. The number of fused-ring (bicyclic) bond motifs is 1. The van der Waals surface area contributed by atoms with Crippen molar-refractivity contribution < 1.29 is 14.1 Å². The number of hydrogen-bond acceptors (Lipinski definition) is 5. The van der Waals surface area contributed by atoms with Crippen molar-refractivity contribution in [2.45, 2.75) is 32.6 Å². The minimum absolute atomic E-state index is 0.245. The summed E-state index contributed by atoms with van der Waals surface area (Å²) in [5.74, 6) is 2.39. The number of rotatable bonds is 4. The second-order valence-corrected chi connectivity index (χ2v) is 6.09. The monoisotopic (exact) mass is 326 g/mol. The number of H-pyrrole nitrogens is 1. The number of ether oxygens (including phenoxy) is 1. The first kappa shape index (κ1) is 14.7. The Kier molecular flexibility index (Phi) is 3.30. The van der Waals surface area contributed by atoms with Crippen molar-refractivity contribution >= 4 is 22.6 Å². The normalized spacial score (nSPS) is 14.1. The quantitative estimate of drug-likeness (QED) is 0.767. The Labute approximate surface area is 138 Å². The third-order valence-electron chi connectivity index (χ3n) is 4.33. The molecule has 2 aromatic heterocycles. The lowest BCUT2D eigenvalue weighted by Crippen LogP contribution is -2.13. The summed E-state index contributed by atoms with van der Waals surface area (Å²) in [6.07, 6.45) is 2.26. The Hall–Kier alpha value is -2.83. The lowest BCUT2D eigenvalue weighted by Gasteiger charge is -2.07. The molecule has 1 aliphatic carbocycles. The van der Waals surface area contributed by atoms with Crippen LogP contribution in [0.4, 0.5) is 5.69 Å². The fraction of sp³-hybridized carbons (Fsp3) is 0.353. The first-order valence-corrected chi connectivity index (χ1v) is 7.89. The maximum absolute atomic E-state index is 12.7. The van der Waals surface area contributed by atoms with Crippen molar-refractivity contribution in [1.29, 1.82) is 0 Å². The zero-order chi connectivity index (χ0) is 16.8. The largest absolute Gasteiger partial charge is 0.494 e. The molecule has 4 rings (SSSR count). The maximum Gasteiger partial charge on any atom is 0.258 e. The van der Waals surface area contributed by atoms with Gasteiger partial charge in [-0.05, 0) is 38.8 Å². The van der Waals surface area contributed by atoms with Crippen LogP contribution in [0.25, 0.3) is 11.0 Å². The van der Waals surface area contributed by atoms with Gasteiger partial charge in [0.2, 0.25) is 0 Å². The van der Waals surface area contributed by atoms with E-state index < -0.39 is 0 Å². The van der Waals surface area contributed by atoms with E-state index in [9.17, 15) is 4.79 Å². The highest BCUT2D eigenvalue weighted by Gasteiger charge is 2.28. The molecule has 0 bridgehead atoms. The number of carbonyl (C=O) groups excluding carboxylic acids is 1. The van der Waals surface area contributed by atoms with Crippen molar-refractivity contribution in [1.82, 2.24) is 15.1 Å². The van der Waals surface area contributed by atoms with Gasteiger partial charge in [-0.1, -0.05) is 5.16 Å². The lowest BCUT2D eigenvalue weighted by molar-refractivity contribution is 0.102. The molecule has 0 aliphatic heterocycles. The molecule has 7 heteroatoms. The summed E-state index contributed by atoms with van der Waals surface area (Å²) in [4.78, 5) is 20.7. The molecule has 1 saturated carbocycles. The van der Waals surface area contributed by atoms with Crippen LogP contribution in [-0.4, -0.2) is 28.1 Å². The molecule has 0 saturated heterocycles. The van der Waals surface area contributed by atoms with Gasteiger partial charge in [0, 0.05) is 5.92 Å². The van der Waals surface area contributed by atoms with Gasteiger partial charge in [0.1, 0.15) is 34.0 Å². The number of aryl methyl sites for hydroxylation is 2. The molecular formula is C17H18N4O3. The number of nitrogens with zero attached hydrogens (tertiary/aromatic N) is 2. The number of benzene rings is 1. The van der Waals surface area contributed by atoms with E-state index in [1.54, 1.807) is 33.1 Å². The van der Waals surface area contributed by atoms with Gasteiger partial charge in [0.25, 0.3) is 5.91 Å². The molecule has 0 spiro atoms. The van der Waals surface area contributed by atoms with Gasteiger partial charge in [-0.3, -0.25) is 4.79 Å². The number of methoxy groups -OCH3 is 1. The Morgan fingerprint density at radius 2 is 2.17 bits per heavy atom. The molecule has 2 N–H and O–H groups in total. The predicted octanol–water partition coefficient (Wildman–Crippen LogP) is 3.31. The molecule has 1 amide bonds. The first-order chi connectivity index (χ1) is 11.6. The number of hydrogen-bond donors (Lipinski definition) is 2. The Balaban J connectivity index is 1.77. The van der Waals surface area contributed by atoms with Crippen molar-refractivity contribution in [3.05, 3.63) is 35.0 Å². The van der Waals surface area contributed by atoms with Crippen LogP contribution >= 0.6 is 0 Å². The summed E-state index contributed by atoms with van der Waals surface area (Å²) in [6, 6.07) is 3.51. The van der Waals surface area contributed by atoms with E-state index in [1.165, 1.54) is 0 Å². The summed E-state index contributed by atoms with van der Waals surface area (Å²) in [5.41, 5.74) is 3.12. The van der Waals surface area contributed by atoms with Crippen LogP contribution in [0.1, 0.15) is 46.4 Å². The molecule has 0 atom stereocenters. The Bertz CT molecular complexity index is 917. The molecule has 24 heavy (non-hydrogen) atoms. The molecule has 1 aromatic carbocycles. The topological polar surface area (TPSA) is 93.0 Å². The lowest BCUT2D eigenvalue weighted by atomic mass is 10.1. The molecule has 0 unspecified atom stereocenters. The van der Waals surface area contributed by atoms with Crippen LogP contribution in [0.2, 0.25) is 0 Å². The number of nitrogens with one attached hydrogen (secondary N) is 2. The second kappa shape index (κ2) is 5.36. The average molecular weight is 326 g/mol. The smallest absolute Gasteiger partial charge is 0.258 e. The van der Waals surface area contributed by atoms with Crippen molar-refractivity contribution in [3.63, 3.8) is 0 Å². The summed E-state index contributed by atoms with van der Waals surface area (Å²) in [7, 11) is 1.61. The molecule has 1 aliphatic rings. The van der Waals surface area contributed by atoms with Gasteiger partial charge >= 0.3 is 0 Å². The molecule has 0 radical (unpaired) electrons. The molecular weight excluding hydrogens is 308 g/mol. The first-order valence-electron chi connectivity index (χ1n) is 7.89. The highest BCUT2D eigenvalue weighted by atomic mass is 16.5. The number of aromatic amines is 1. The highest BCUT2D eigenvalue weighted by molar-refractivity contribution is 6.12. The van der Waals surface area contributed by atoms with Crippen LogP contribution in [-0.2, 0) is 0 Å². The number of anilines is 1. The number of aromatic nitrogens is 3. The van der Waals surface area contributed by atoms with E-state index in [0.29, 0.717) is 39.9 Å². The van der Waals surface area contributed by atoms with Crippen molar-refractivity contribution in [2.75, 3.05) is 12.4 Å². The summed E-state index contributed by atoms with van der Waals surface area (Å²) in [6.45, 7) is 3.55. The van der Waals surface area contributed by atoms with Gasteiger partial charge in [0.15, 0.2) is 5.76 Å². The van der Waals surface area contributed by atoms with Gasteiger partial charge in [0.05, 0.1) is 12.7 Å². The number of amides is 1. The summed E-state index contributed by atoms with van der Waals surface area (Å²) >= 11 is 0. The molecule has 7 nitrogen and oxygen atoms in total. The van der Waals surface area contributed by atoms with Crippen LogP contribution < -0.4 is 10.1 Å². The van der Waals surface area contributed by atoms with Crippen molar-refractivity contribution in [2.24, 2.45) is 0 Å². The minimum Gasteiger partial charge on any atom is -0.494 e. The zero-order valence-electron chi connectivity index (χ0n) is 13.8.